The van der Waals surface area contributed by atoms with Crippen LogP contribution in [0.3, 0.4) is 0 Å². The minimum Gasteiger partial charge on any atom is -0.463 e. The molecular formula is C16H30O5Si. The molecule has 6 heteroatoms. The van der Waals surface area contributed by atoms with Crippen LogP contribution in [-0.2, 0) is 14.3 Å². The topological polar surface area (TPSA) is 76.0 Å². The first kappa shape index (κ1) is 19.4. The molecular weight excluding hydrogens is 300 g/mol. The lowest BCUT2D eigenvalue weighted by molar-refractivity contribution is -0.137. The van der Waals surface area contributed by atoms with E-state index in [1.165, 1.54) is 6.08 Å². The summed E-state index contributed by atoms with van der Waals surface area (Å²) in [5.74, 6) is -0.378. The number of aliphatic hydroxyl groups is 2. The molecule has 2 atom stereocenters. The average Bonchev–Trinajstić information content (AvgIpc) is 2.59. The summed E-state index contributed by atoms with van der Waals surface area (Å²) in [6.07, 6.45) is 1.42. The Balaban J connectivity index is 3.06. The van der Waals surface area contributed by atoms with Gasteiger partial charge in [0.25, 0.3) is 0 Å². The molecule has 0 aromatic rings. The van der Waals surface area contributed by atoms with Gasteiger partial charge in [0.05, 0.1) is 24.9 Å². The standard InChI is InChI=1S/C16H30O5Si/c1-7-20-14(18)8-12(10-22(4,5)6)13-9-16(19,11-17)15(2,3)21-13/h8,13,17,19H,7,9-11H2,1-6H3/b12-8+/t13-,16+/m0/s1. The lowest BCUT2D eigenvalue weighted by Crippen LogP contribution is -2.49. The van der Waals surface area contributed by atoms with Crippen molar-refractivity contribution in [2.24, 2.45) is 0 Å². The number of aliphatic hydroxyl groups excluding tert-OH is 1. The van der Waals surface area contributed by atoms with Crippen LogP contribution in [0.15, 0.2) is 11.6 Å². The summed E-state index contributed by atoms with van der Waals surface area (Å²) in [6.45, 7) is 11.9. The van der Waals surface area contributed by atoms with Gasteiger partial charge >= 0.3 is 5.97 Å². The quantitative estimate of drug-likeness (QED) is 0.443. The highest BCUT2D eigenvalue weighted by atomic mass is 28.3. The van der Waals surface area contributed by atoms with Crippen molar-refractivity contribution in [3.8, 4) is 0 Å². The van der Waals surface area contributed by atoms with Crippen LogP contribution in [0.1, 0.15) is 27.2 Å². The Morgan fingerprint density at radius 3 is 2.41 bits per heavy atom. The van der Waals surface area contributed by atoms with Crippen molar-refractivity contribution in [1.82, 2.24) is 0 Å². The number of rotatable bonds is 6. The summed E-state index contributed by atoms with van der Waals surface area (Å²) < 4.78 is 11.0. The highest BCUT2D eigenvalue weighted by Gasteiger charge is 2.53. The second-order valence-corrected chi connectivity index (χ2v) is 13.2. The predicted molar refractivity (Wildman–Crippen MR) is 88.5 cm³/mol. The number of hydrogen-bond acceptors (Lipinski definition) is 5. The number of esters is 1. The second-order valence-electron chi connectivity index (χ2n) is 7.72. The normalized spacial score (nSPS) is 28.7. The molecule has 1 heterocycles. The van der Waals surface area contributed by atoms with Gasteiger partial charge < -0.3 is 19.7 Å². The lowest BCUT2D eigenvalue weighted by Gasteiger charge is -2.33. The SMILES string of the molecule is CCOC(=O)/C=C(\C[Si](C)(C)C)[C@@H]1C[C@@](O)(CO)C(C)(C)O1. The molecule has 5 nitrogen and oxygen atoms in total. The second kappa shape index (κ2) is 6.82. The van der Waals surface area contributed by atoms with Gasteiger partial charge in [-0.05, 0) is 32.4 Å². The van der Waals surface area contributed by atoms with Crippen LogP contribution in [0.5, 0.6) is 0 Å². The molecule has 0 bridgehead atoms. The first-order valence-corrected chi connectivity index (χ1v) is 11.5. The molecule has 0 spiro atoms. The van der Waals surface area contributed by atoms with E-state index in [0.29, 0.717) is 6.61 Å². The molecule has 0 unspecified atom stereocenters. The third-order valence-electron chi connectivity index (χ3n) is 4.08. The minimum atomic E-state index is -1.48. The monoisotopic (exact) mass is 330 g/mol. The van der Waals surface area contributed by atoms with E-state index in [1.807, 2.05) is 0 Å². The summed E-state index contributed by atoms with van der Waals surface area (Å²) in [5.41, 5.74) is -1.31. The maximum absolute atomic E-state index is 11.8. The van der Waals surface area contributed by atoms with Crippen LogP contribution in [-0.4, -0.2) is 54.8 Å². The Kier molecular flexibility index (Phi) is 6.00. The summed E-state index contributed by atoms with van der Waals surface area (Å²) in [7, 11) is -1.48. The zero-order valence-electron chi connectivity index (χ0n) is 14.6. The summed E-state index contributed by atoms with van der Waals surface area (Å²) in [5, 5.41) is 20.1. The minimum absolute atomic E-state index is 0.284. The third-order valence-corrected chi connectivity index (χ3v) is 5.55. The van der Waals surface area contributed by atoms with E-state index in [9.17, 15) is 15.0 Å². The van der Waals surface area contributed by atoms with Crippen molar-refractivity contribution in [2.45, 2.75) is 70.2 Å². The van der Waals surface area contributed by atoms with Crippen LogP contribution in [0.4, 0.5) is 0 Å². The highest BCUT2D eigenvalue weighted by Crippen LogP contribution is 2.42. The van der Waals surface area contributed by atoms with Gasteiger partial charge in [-0.25, -0.2) is 4.79 Å². The van der Waals surface area contributed by atoms with Crippen LogP contribution in [0, 0.1) is 0 Å². The maximum Gasteiger partial charge on any atom is 0.330 e. The van der Waals surface area contributed by atoms with E-state index in [2.05, 4.69) is 19.6 Å². The molecule has 0 aromatic carbocycles. The van der Waals surface area contributed by atoms with Crippen LogP contribution in [0.25, 0.3) is 0 Å². The largest absolute Gasteiger partial charge is 0.463 e. The van der Waals surface area contributed by atoms with Crippen molar-refractivity contribution in [2.75, 3.05) is 13.2 Å². The molecule has 128 valence electrons. The smallest absolute Gasteiger partial charge is 0.330 e. The van der Waals surface area contributed by atoms with Gasteiger partial charge in [0.2, 0.25) is 0 Å². The van der Waals surface area contributed by atoms with E-state index < -0.39 is 19.3 Å². The summed E-state index contributed by atoms with van der Waals surface area (Å²) in [6, 6.07) is 0.786. The van der Waals surface area contributed by atoms with Crippen molar-refractivity contribution < 1.29 is 24.5 Å². The molecule has 0 saturated carbocycles. The van der Waals surface area contributed by atoms with E-state index in [4.69, 9.17) is 9.47 Å². The molecule has 0 radical (unpaired) electrons. The zero-order chi connectivity index (χ0) is 17.2. The molecule has 1 fully saturated rings. The van der Waals surface area contributed by atoms with Crippen molar-refractivity contribution in [3.63, 3.8) is 0 Å². The molecule has 2 N–H and O–H groups in total. The van der Waals surface area contributed by atoms with Crippen molar-refractivity contribution in [1.29, 1.82) is 0 Å². The summed E-state index contributed by atoms with van der Waals surface area (Å²) in [4.78, 5) is 11.8. The number of hydrogen-bond donors (Lipinski definition) is 2. The zero-order valence-corrected chi connectivity index (χ0v) is 15.6. The van der Waals surface area contributed by atoms with Gasteiger partial charge in [0.15, 0.2) is 0 Å². The van der Waals surface area contributed by atoms with Crippen LogP contribution >= 0.6 is 0 Å². The summed E-state index contributed by atoms with van der Waals surface area (Å²) >= 11 is 0. The molecule has 0 amide bonds. The first-order chi connectivity index (χ1) is 9.94. The number of carbonyl (C=O) groups is 1. The van der Waals surface area contributed by atoms with E-state index in [1.54, 1.807) is 20.8 Å². The predicted octanol–water partition coefficient (Wildman–Crippen LogP) is 2.10. The Labute approximate surface area is 134 Å². The van der Waals surface area contributed by atoms with Crippen LogP contribution < -0.4 is 0 Å². The first-order valence-electron chi connectivity index (χ1n) is 7.82. The van der Waals surface area contributed by atoms with Crippen molar-refractivity contribution >= 4 is 14.0 Å². The van der Waals surface area contributed by atoms with E-state index in [0.717, 1.165) is 11.6 Å². The average molecular weight is 330 g/mol. The lowest BCUT2D eigenvalue weighted by atomic mass is 9.84. The molecule has 1 rings (SSSR count). The number of ether oxygens (including phenoxy) is 2. The molecule has 0 aliphatic carbocycles. The third kappa shape index (κ3) is 4.65. The fourth-order valence-corrected chi connectivity index (χ4v) is 4.28. The Bertz CT molecular complexity index is 438. The molecule has 1 saturated heterocycles. The van der Waals surface area contributed by atoms with Gasteiger partial charge in [0, 0.05) is 20.6 Å². The fraction of sp³-hybridized carbons (Fsp3) is 0.812. The van der Waals surface area contributed by atoms with E-state index in [-0.39, 0.29) is 25.1 Å². The van der Waals surface area contributed by atoms with E-state index >= 15 is 0 Å². The number of carbonyl (C=O) groups excluding carboxylic acids is 1. The van der Waals surface area contributed by atoms with Gasteiger partial charge in [-0.1, -0.05) is 19.6 Å². The Morgan fingerprint density at radius 2 is 2.00 bits per heavy atom. The maximum atomic E-state index is 11.8. The van der Waals surface area contributed by atoms with Gasteiger partial charge in [-0.2, -0.15) is 0 Å². The van der Waals surface area contributed by atoms with Crippen LogP contribution in [0.2, 0.25) is 25.7 Å². The van der Waals surface area contributed by atoms with Gasteiger partial charge in [-0.15, -0.1) is 0 Å². The Hall–Kier alpha value is -0.693. The highest BCUT2D eigenvalue weighted by molar-refractivity contribution is 6.76. The fourth-order valence-electron chi connectivity index (χ4n) is 2.73. The molecule has 1 aliphatic heterocycles. The van der Waals surface area contributed by atoms with Crippen molar-refractivity contribution in [3.05, 3.63) is 11.6 Å². The Morgan fingerprint density at radius 1 is 1.41 bits per heavy atom. The molecule has 1 aliphatic rings. The molecule has 0 aromatic heterocycles. The van der Waals surface area contributed by atoms with Gasteiger partial charge in [-0.3, -0.25) is 0 Å². The van der Waals surface area contributed by atoms with Gasteiger partial charge in [0.1, 0.15) is 5.60 Å². The molecule has 22 heavy (non-hydrogen) atoms.